The molecular formula is C12H21N5O. The van der Waals surface area contributed by atoms with Crippen molar-refractivity contribution in [2.75, 3.05) is 44.2 Å². The van der Waals surface area contributed by atoms with Gasteiger partial charge in [-0.3, -0.25) is 9.69 Å². The van der Waals surface area contributed by atoms with Gasteiger partial charge in [0.05, 0.1) is 0 Å². The van der Waals surface area contributed by atoms with Crippen LogP contribution >= 0.6 is 0 Å². The normalized spacial score (nSPS) is 18.9. The Bertz CT molecular complexity index is 424. The molecule has 18 heavy (non-hydrogen) atoms. The average molecular weight is 251 g/mol. The Balaban J connectivity index is 1.91. The van der Waals surface area contributed by atoms with E-state index in [4.69, 9.17) is 5.73 Å². The van der Waals surface area contributed by atoms with Crippen LogP contribution in [0.3, 0.4) is 0 Å². The van der Waals surface area contributed by atoms with Gasteiger partial charge in [-0.15, -0.1) is 0 Å². The van der Waals surface area contributed by atoms with Gasteiger partial charge < -0.3 is 15.6 Å². The number of anilines is 1. The maximum absolute atomic E-state index is 11.6. The number of hydrogen-bond donors (Lipinski definition) is 2. The highest BCUT2D eigenvalue weighted by Gasteiger charge is 2.20. The van der Waals surface area contributed by atoms with E-state index in [0.717, 1.165) is 39.3 Å². The Morgan fingerprint density at radius 1 is 1.44 bits per heavy atom. The van der Waals surface area contributed by atoms with Crippen LogP contribution in [-0.2, 0) is 0 Å². The van der Waals surface area contributed by atoms with E-state index >= 15 is 0 Å². The summed E-state index contributed by atoms with van der Waals surface area (Å²) < 4.78 is 0. The summed E-state index contributed by atoms with van der Waals surface area (Å²) in [5, 5.41) is 0. The van der Waals surface area contributed by atoms with Gasteiger partial charge in [0.25, 0.3) is 5.56 Å². The zero-order chi connectivity index (χ0) is 13.0. The highest BCUT2D eigenvalue weighted by Crippen LogP contribution is 2.09. The number of piperazine rings is 1. The van der Waals surface area contributed by atoms with E-state index in [0.29, 0.717) is 11.7 Å². The van der Waals surface area contributed by atoms with Gasteiger partial charge in [0, 0.05) is 45.1 Å². The number of hydrogen-bond acceptors (Lipinski definition) is 5. The van der Waals surface area contributed by atoms with Crippen molar-refractivity contribution in [3.8, 4) is 0 Å². The number of H-pyrrole nitrogens is 1. The first-order valence-electron chi connectivity index (χ1n) is 6.41. The summed E-state index contributed by atoms with van der Waals surface area (Å²) in [7, 11) is 0. The van der Waals surface area contributed by atoms with Gasteiger partial charge in [-0.25, -0.2) is 4.98 Å². The Morgan fingerprint density at radius 3 is 2.78 bits per heavy atom. The Kier molecular flexibility index (Phi) is 4.33. The number of aromatic amines is 1. The van der Waals surface area contributed by atoms with Crippen molar-refractivity contribution in [2.45, 2.75) is 6.92 Å². The monoisotopic (exact) mass is 251 g/mol. The molecule has 0 spiro atoms. The van der Waals surface area contributed by atoms with Crippen LogP contribution < -0.4 is 16.2 Å². The molecule has 1 aromatic rings. The first-order chi connectivity index (χ1) is 8.70. The lowest BCUT2D eigenvalue weighted by molar-refractivity contribution is 0.226. The zero-order valence-corrected chi connectivity index (χ0v) is 10.8. The average Bonchev–Trinajstić information content (AvgIpc) is 2.40. The van der Waals surface area contributed by atoms with Crippen molar-refractivity contribution < 1.29 is 0 Å². The molecule has 1 unspecified atom stereocenters. The lowest BCUT2D eigenvalue weighted by Gasteiger charge is -2.35. The predicted octanol–water partition coefficient (Wildman–Crippen LogP) is -0.513. The van der Waals surface area contributed by atoms with Gasteiger partial charge in [0.15, 0.2) is 5.82 Å². The van der Waals surface area contributed by atoms with Crippen LogP contribution in [0.25, 0.3) is 0 Å². The molecular weight excluding hydrogens is 230 g/mol. The summed E-state index contributed by atoms with van der Waals surface area (Å²) in [6, 6.07) is 0. The van der Waals surface area contributed by atoms with Crippen LogP contribution in [0, 0.1) is 5.92 Å². The number of aromatic nitrogens is 2. The smallest absolute Gasteiger partial charge is 0.290 e. The van der Waals surface area contributed by atoms with Crippen LogP contribution in [0.1, 0.15) is 6.92 Å². The third-order valence-electron chi connectivity index (χ3n) is 3.33. The topological polar surface area (TPSA) is 78.2 Å². The van der Waals surface area contributed by atoms with Crippen LogP contribution in [0.5, 0.6) is 0 Å². The van der Waals surface area contributed by atoms with Crippen LogP contribution in [-0.4, -0.2) is 54.1 Å². The predicted molar refractivity (Wildman–Crippen MR) is 71.7 cm³/mol. The molecule has 1 aromatic heterocycles. The van der Waals surface area contributed by atoms with E-state index in [1.165, 1.54) is 0 Å². The molecule has 0 aromatic carbocycles. The Morgan fingerprint density at radius 2 is 2.17 bits per heavy atom. The van der Waals surface area contributed by atoms with E-state index < -0.39 is 0 Å². The van der Waals surface area contributed by atoms with Gasteiger partial charge in [-0.1, -0.05) is 6.92 Å². The molecule has 2 heterocycles. The maximum Gasteiger partial charge on any atom is 0.290 e. The maximum atomic E-state index is 11.6. The minimum atomic E-state index is -0.110. The summed E-state index contributed by atoms with van der Waals surface area (Å²) in [6.45, 7) is 7.52. The van der Waals surface area contributed by atoms with Gasteiger partial charge in [-0.2, -0.15) is 0 Å². The van der Waals surface area contributed by atoms with Crippen LogP contribution in [0.4, 0.5) is 5.82 Å². The molecule has 3 N–H and O–H groups in total. The summed E-state index contributed by atoms with van der Waals surface area (Å²) >= 11 is 0. The summed E-state index contributed by atoms with van der Waals surface area (Å²) in [6.07, 6.45) is 3.19. The van der Waals surface area contributed by atoms with Gasteiger partial charge in [0.1, 0.15) is 0 Å². The minimum Gasteiger partial charge on any atom is -0.349 e. The second-order valence-electron chi connectivity index (χ2n) is 4.87. The SMILES string of the molecule is CC(CN)CN1CCN(c2ncc[nH]c2=O)CC1. The van der Waals surface area contributed by atoms with Crippen molar-refractivity contribution in [2.24, 2.45) is 11.7 Å². The Labute approximate surface area is 107 Å². The van der Waals surface area contributed by atoms with E-state index in [1.807, 2.05) is 4.90 Å². The standard InChI is InChI=1S/C12H21N5O/c1-10(8-13)9-16-4-6-17(7-5-16)11-12(18)15-3-2-14-11/h2-3,10H,4-9,13H2,1H3,(H,15,18). The number of nitrogens with one attached hydrogen (secondary N) is 1. The van der Waals surface area contributed by atoms with Crippen molar-refractivity contribution in [1.29, 1.82) is 0 Å². The third-order valence-corrected chi connectivity index (χ3v) is 3.33. The van der Waals surface area contributed by atoms with Crippen LogP contribution in [0.15, 0.2) is 17.2 Å². The molecule has 0 saturated carbocycles. The third kappa shape index (κ3) is 3.08. The fourth-order valence-corrected chi connectivity index (χ4v) is 2.23. The largest absolute Gasteiger partial charge is 0.349 e. The molecule has 1 saturated heterocycles. The lowest BCUT2D eigenvalue weighted by atomic mass is 10.1. The van der Waals surface area contributed by atoms with Crippen molar-refractivity contribution >= 4 is 5.82 Å². The number of rotatable bonds is 4. The highest BCUT2D eigenvalue weighted by atomic mass is 16.1. The second-order valence-corrected chi connectivity index (χ2v) is 4.87. The Hall–Kier alpha value is -1.40. The van der Waals surface area contributed by atoms with Gasteiger partial charge in [0.2, 0.25) is 0 Å². The fourth-order valence-electron chi connectivity index (χ4n) is 2.23. The van der Waals surface area contributed by atoms with E-state index in [2.05, 4.69) is 21.8 Å². The quantitative estimate of drug-likeness (QED) is 0.753. The van der Waals surface area contributed by atoms with Gasteiger partial charge in [-0.05, 0) is 12.5 Å². The van der Waals surface area contributed by atoms with Crippen LogP contribution in [0.2, 0.25) is 0 Å². The molecule has 100 valence electrons. The van der Waals surface area contributed by atoms with E-state index in [1.54, 1.807) is 12.4 Å². The van der Waals surface area contributed by atoms with Crippen molar-refractivity contribution in [3.05, 3.63) is 22.7 Å². The molecule has 1 atom stereocenters. The zero-order valence-electron chi connectivity index (χ0n) is 10.8. The van der Waals surface area contributed by atoms with Crippen molar-refractivity contribution in [1.82, 2.24) is 14.9 Å². The first kappa shape index (κ1) is 13.0. The molecule has 0 aliphatic carbocycles. The molecule has 2 rings (SSSR count). The molecule has 1 aliphatic rings. The van der Waals surface area contributed by atoms with Gasteiger partial charge >= 0.3 is 0 Å². The summed E-state index contributed by atoms with van der Waals surface area (Å²) in [5.41, 5.74) is 5.52. The summed E-state index contributed by atoms with van der Waals surface area (Å²) in [5.74, 6) is 1.05. The number of nitrogens with two attached hydrogens (primary N) is 1. The molecule has 0 bridgehead atoms. The summed E-state index contributed by atoms with van der Waals surface area (Å²) in [4.78, 5) is 22.9. The number of nitrogens with zero attached hydrogens (tertiary/aromatic N) is 3. The lowest BCUT2D eigenvalue weighted by Crippen LogP contribution is -2.49. The molecule has 6 heteroatoms. The molecule has 0 amide bonds. The molecule has 6 nitrogen and oxygen atoms in total. The fraction of sp³-hybridized carbons (Fsp3) is 0.667. The molecule has 1 fully saturated rings. The van der Waals surface area contributed by atoms with E-state index in [-0.39, 0.29) is 5.56 Å². The van der Waals surface area contributed by atoms with Crippen molar-refractivity contribution in [3.63, 3.8) is 0 Å². The highest BCUT2D eigenvalue weighted by molar-refractivity contribution is 5.35. The molecule has 1 aliphatic heterocycles. The first-order valence-corrected chi connectivity index (χ1v) is 6.41. The molecule has 0 radical (unpaired) electrons. The minimum absolute atomic E-state index is 0.110. The van der Waals surface area contributed by atoms with E-state index in [9.17, 15) is 4.79 Å². The second kappa shape index (κ2) is 5.97.